The van der Waals surface area contributed by atoms with Crippen LogP contribution in [0.1, 0.15) is 35.5 Å². The molecular formula is C13H21N5. The predicted octanol–water partition coefficient (Wildman–Crippen LogP) is 1.50. The van der Waals surface area contributed by atoms with E-state index in [1.54, 1.807) is 0 Å². The van der Waals surface area contributed by atoms with E-state index in [0.29, 0.717) is 0 Å². The highest BCUT2D eigenvalue weighted by Gasteiger charge is 2.14. The van der Waals surface area contributed by atoms with Crippen LogP contribution < -0.4 is 5.73 Å². The number of aryl methyl sites for hydroxylation is 4. The number of rotatable bonds is 4. The summed E-state index contributed by atoms with van der Waals surface area (Å²) in [7, 11) is 1.93. The first-order chi connectivity index (χ1) is 8.49. The normalized spacial score (nSPS) is 12.9. The summed E-state index contributed by atoms with van der Waals surface area (Å²) in [6.07, 6.45) is 4.88. The second-order valence-corrected chi connectivity index (χ2v) is 4.87. The Morgan fingerprint density at radius 1 is 1.39 bits per heavy atom. The average Bonchev–Trinajstić information content (AvgIpc) is 2.80. The van der Waals surface area contributed by atoms with Crippen molar-refractivity contribution >= 4 is 0 Å². The molecule has 0 saturated heterocycles. The minimum atomic E-state index is 0.0390. The summed E-state index contributed by atoms with van der Waals surface area (Å²) in [4.78, 5) is 0. The van der Waals surface area contributed by atoms with Gasteiger partial charge < -0.3 is 5.73 Å². The zero-order valence-corrected chi connectivity index (χ0v) is 11.5. The molecule has 5 heteroatoms. The van der Waals surface area contributed by atoms with Gasteiger partial charge in [-0.05, 0) is 32.8 Å². The third-order valence-corrected chi connectivity index (χ3v) is 3.26. The first kappa shape index (κ1) is 12.8. The lowest BCUT2D eigenvalue weighted by Crippen LogP contribution is -2.09. The van der Waals surface area contributed by atoms with Crippen LogP contribution in [0.25, 0.3) is 0 Å². The second-order valence-electron chi connectivity index (χ2n) is 4.87. The van der Waals surface area contributed by atoms with E-state index in [-0.39, 0.29) is 6.04 Å². The fourth-order valence-electron chi connectivity index (χ4n) is 2.42. The summed E-state index contributed by atoms with van der Waals surface area (Å²) in [6, 6.07) is 0.0390. The summed E-state index contributed by atoms with van der Waals surface area (Å²) in [5.41, 5.74) is 10.6. The summed E-state index contributed by atoms with van der Waals surface area (Å²) in [5, 5.41) is 8.73. The molecule has 0 bridgehead atoms. The molecule has 0 fully saturated rings. The highest BCUT2D eigenvalue weighted by molar-refractivity contribution is 5.27. The van der Waals surface area contributed by atoms with Crippen LogP contribution >= 0.6 is 0 Å². The van der Waals surface area contributed by atoms with E-state index < -0.39 is 0 Å². The summed E-state index contributed by atoms with van der Waals surface area (Å²) in [6.45, 7) is 6.97. The van der Waals surface area contributed by atoms with Crippen LogP contribution in [0.4, 0.5) is 0 Å². The minimum absolute atomic E-state index is 0.0390. The van der Waals surface area contributed by atoms with E-state index >= 15 is 0 Å². The van der Waals surface area contributed by atoms with Crippen molar-refractivity contribution in [3.05, 3.63) is 34.9 Å². The maximum atomic E-state index is 5.97. The van der Waals surface area contributed by atoms with Gasteiger partial charge in [0.2, 0.25) is 0 Å². The van der Waals surface area contributed by atoms with Gasteiger partial charge in [-0.25, -0.2) is 0 Å². The van der Waals surface area contributed by atoms with Gasteiger partial charge in [0.25, 0.3) is 0 Å². The summed E-state index contributed by atoms with van der Waals surface area (Å²) in [5.74, 6) is 0. The van der Waals surface area contributed by atoms with Gasteiger partial charge in [0.15, 0.2) is 0 Å². The van der Waals surface area contributed by atoms with Gasteiger partial charge in [-0.3, -0.25) is 9.36 Å². The van der Waals surface area contributed by atoms with E-state index in [4.69, 9.17) is 5.73 Å². The van der Waals surface area contributed by atoms with Crippen molar-refractivity contribution in [3.63, 3.8) is 0 Å². The summed E-state index contributed by atoms with van der Waals surface area (Å²) < 4.78 is 3.87. The van der Waals surface area contributed by atoms with Gasteiger partial charge in [-0.1, -0.05) is 0 Å². The minimum Gasteiger partial charge on any atom is -0.324 e. The topological polar surface area (TPSA) is 61.7 Å². The fraction of sp³-hybridized carbons (Fsp3) is 0.538. The molecule has 2 heterocycles. The first-order valence-electron chi connectivity index (χ1n) is 6.26. The van der Waals surface area contributed by atoms with Crippen LogP contribution in [0.5, 0.6) is 0 Å². The number of hydrogen-bond donors (Lipinski definition) is 1. The molecule has 0 aromatic carbocycles. The van der Waals surface area contributed by atoms with Crippen molar-refractivity contribution in [1.29, 1.82) is 0 Å². The van der Waals surface area contributed by atoms with Crippen LogP contribution in [0.2, 0.25) is 0 Å². The first-order valence-corrected chi connectivity index (χ1v) is 6.26. The SMILES string of the molecule is Cc1nn(CCc2cnn(C)c2)c(C)c1C(C)N. The molecule has 0 amide bonds. The average molecular weight is 247 g/mol. The Balaban J connectivity index is 2.13. The molecule has 0 aliphatic rings. The van der Waals surface area contributed by atoms with E-state index in [1.165, 1.54) is 16.8 Å². The Morgan fingerprint density at radius 3 is 2.61 bits per heavy atom. The van der Waals surface area contributed by atoms with Crippen LogP contribution in [0.3, 0.4) is 0 Å². The van der Waals surface area contributed by atoms with Gasteiger partial charge in [0.05, 0.1) is 11.9 Å². The zero-order chi connectivity index (χ0) is 13.3. The van der Waals surface area contributed by atoms with E-state index in [1.807, 2.05) is 42.7 Å². The molecule has 0 radical (unpaired) electrons. The van der Waals surface area contributed by atoms with Crippen LogP contribution in [-0.2, 0) is 20.0 Å². The molecule has 98 valence electrons. The lowest BCUT2D eigenvalue weighted by atomic mass is 10.1. The highest BCUT2D eigenvalue weighted by Crippen LogP contribution is 2.19. The Labute approximate surface area is 108 Å². The number of hydrogen-bond acceptors (Lipinski definition) is 3. The van der Waals surface area contributed by atoms with Crippen LogP contribution in [0, 0.1) is 13.8 Å². The van der Waals surface area contributed by atoms with Gasteiger partial charge in [0, 0.05) is 37.1 Å². The lowest BCUT2D eigenvalue weighted by molar-refractivity contribution is 0.592. The molecule has 2 aromatic rings. The van der Waals surface area contributed by atoms with Gasteiger partial charge >= 0.3 is 0 Å². The maximum Gasteiger partial charge on any atom is 0.0644 e. The molecule has 2 rings (SSSR count). The summed E-state index contributed by atoms with van der Waals surface area (Å²) >= 11 is 0. The quantitative estimate of drug-likeness (QED) is 0.890. The number of aromatic nitrogens is 4. The van der Waals surface area contributed by atoms with E-state index in [2.05, 4.69) is 17.1 Å². The van der Waals surface area contributed by atoms with Gasteiger partial charge in [0.1, 0.15) is 0 Å². The number of nitrogens with zero attached hydrogens (tertiary/aromatic N) is 4. The maximum absolute atomic E-state index is 5.97. The highest BCUT2D eigenvalue weighted by atomic mass is 15.3. The molecule has 0 saturated carbocycles. The molecule has 5 nitrogen and oxygen atoms in total. The third-order valence-electron chi connectivity index (χ3n) is 3.26. The molecule has 0 spiro atoms. The van der Waals surface area contributed by atoms with E-state index in [0.717, 1.165) is 18.7 Å². The smallest absolute Gasteiger partial charge is 0.0644 e. The third kappa shape index (κ3) is 2.46. The molecule has 18 heavy (non-hydrogen) atoms. The molecule has 1 atom stereocenters. The van der Waals surface area contributed by atoms with Crippen LogP contribution in [-0.4, -0.2) is 19.6 Å². The molecular weight excluding hydrogens is 226 g/mol. The molecule has 2 aromatic heterocycles. The van der Waals surface area contributed by atoms with Crippen LogP contribution in [0.15, 0.2) is 12.4 Å². The van der Waals surface area contributed by atoms with Crippen molar-refractivity contribution in [2.45, 2.75) is 39.8 Å². The Kier molecular flexibility index (Phi) is 3.52. The second kappa shape index (κ2) is 4.94. The van der Waals surface area contributed by atoms with Crippen molar-refractivity contribution in [2.75, 3.05) is 0 Å². The van der Waals surface area contributed by atoms with Gasteiger partial charge in [-0.15, -0.1) is 0 Å². The van der Waals surface area contributed by atoms with Crippen molar-refractivity contribution < 1.29 is 0 Å². The molecule has 0 aliphatic carbocycles. The van der Waals surface area contributed by atoms with Crippen molar-refractivity contribution in [1.82, 2.24) is 19.6 Å². The lowest BCUT2D eigenvalue weighted by Gasteiger charge is -2.07. The standard InChI is InChI=1S/C13H21N5/c1-9(14)13-10(2)16-18(11(13)3)6-5-12-7-15-17(4)8-12/h7-9H,5-6,14H2,1-4H3. The monoisotopic (exact) mass is 247 g/mol. The number of nitrogens with two attached hydrogens (primary N) is 1. The Morgan fingerprint density at radius 2 is 2.11 bits per heavy atom. The Bertz CT molecular complexity index is 536. The van der Waals surface area contributed by atoms with Gasteiger partial charge in [-0.2, -0.15) is 10.2 Å². The van der Waals surface area contributed by atoms with E-state index in [9.17, 15) is 0 Å². The largest absolute Gasteiger partial charge is 0.324 e. The van der Waals surface area contributed by atoms with Crippen molar-refractivity contribution in [3.8, 4) is 0 Å². The molecule has 2 N–H and O–H groups in total. The zero-order valence-electron chi connectivity index (χ0n) is 11.5. The predicted molar refractivity (Wildman–Crippen MR) is 71.2 cm³/mol. The fourth-order valence-corrected chi connectivity index (χ4v) is 2.42. The Hall–Kier alpha value is -1.62. The molecule has 1 unspecified atom stereocenters. The molecule has 0 aliphatic heterocycles. The van der Waals surface area contributed by atoms with Crippen molar-refractivity contribution in [2.24, 2.45) is 12.8 Å².